The third-order valence-electron chi connectivity index (χ3n) is 5.97. The summed E-state index contributed by atoms with van der Waals surface area (Å²) in [5.74, 6) is -2.56. The highest BCUT2D eigenvalue weighted by molar-refractivity contribution is 6.20. The monoisotopic (exact) mass is 456 g/mol. The number of fused-ring (bicyclic) bond motifs is 4. The van der Waals surface area contributed by atoms with Crippen LogP contribution in [0.15, 0.2) is 72.8 Å². The third-order valence-corrected chi connectivity index (χ3v) is 5.97. The molecule has 0 saturated heterocycles. The van der Waals surface area contributed by atoms with Gasteiger partial charge in [0, 0.05) is 5.92 Å². The zero-order valence-electron chi connectivity index (χ0n) is 18.2. The molecule has 1 N–H and O–H groups in total. The SMILES string of the molecule is CC(NC(=O)OCC1c2ccccc2-c2ccccc21)C(=O)ON1C(=O)c2ccccc2C1=O. The molecule has 0 spiro atoms. The Labute approximate surface area is 195 Å². The van der Waals surface area contributed by atoms with E-state index in [9.17, 15) is 19.2 Å². The Hall–Kier alpha value is -4.46. The van der Waals surface area contributed by atoms with Crippen LogP contribution in [0.4, 0.5) is 4.79 Å². The van der Waals surface area contributed by atoms with E-state index in [-0.39, 0.29) is 23.7 Å². The first-order valence-corrected chi connectivity index (χ1v) is 10.8. The number of hydrogen-bond acceptors (Lipinski definition) is 6. The van der Waals surface area contributed by atoms with Gasteiger partial charge in [-0.3, -0.25) is 9.59 Å². The van der Waals surface area contributed by atoms with Crippen molar-refractivity contribution in [2.24, 2.45) is 0 Å². The van der Waals surface area contributed by atoms with E-state index >= 15 is 0 Å². The summed E-state index contributed by atoms with van der Waals surface area (Å²) < 4.78 is 5.42. The largest absolute Gasteiger partial charge is 0.449 e. The van der Waals surface area contributed by atoms with Gasteiger partial charge in [-0.25, -0.2) is 9.59 Å². The lowest BCUT2D eigenvalue weighted by Crippen LogP contribution is -2.44. The van der Waals surface area contributed by atoms with E-state index in [0.717, 1.165) is 22.3 Å². The highest BCUT2D eigenvalue weighted by atomic mass is 16.7. The average molecular weight is 456 g/mol. The molecule has 0 saturated carbocycles. The van der Waals surface area contributed by atoms with Crippen LogP contribution < -0.4 is 5.32 Å². The highest BCUT2D eigenvalue weighted by Crippen LogP contribution is 2.44. The number of carbonyl (C=O) groups excluding carboxylic acids is 4. The molecule has 3 aromatic carbocycles. The van der Waals surface area contributed by atoms with Gasteiger partial charge in [0.05, 0.1) is 11.1 Å². The van der Waals surface area contributed by atoms with Crippen molar-refractivity contribution < 1.29 is 28.8 Å². The van der Waals surface area contributed by atoms with Gasteiger partial charge in [-0.05, 0) is 41.3 Å². The minimum absolute atomic E-state index is 0.0834. The molecular formula is C26H20N2O6. The van der Waals surface area contributed by atoms with Gasteiger partial charge in [-0.15, -0.1) is 0 Å². The molecule has 3 aromatic rings. The van der Waals surface area contributed by atoms with Crippen LogP contribution in [0.1, 0.15) is 44.7 Å². The zero-order valence-corrected chi connectivity index (χ0v) is 18.2. The lowest BCUT2D eigenvalue weighted by atomic mass is 9.98. The number of hydrogen-bond donors (Lipinski definition) is 1. The van der Waals surface area contributed by atoms with Crippen LogP contribution >= 0.6 is 0 Å². The molecule has 34 heavy (non-hydrogen) atoms. The van der Waals surface area contributed by atoms with Crippen molar-refractivity contribution in [3.05, 3.63) is 95.1 Å². The van der Waals surface area contributed by atoms with Crippen molar-refractivity contribution in [2.45, 2.75) is 18.9 Å². The Morgan fingerprint density at radius 2 is 1.29 bits per heavy atom. The van der Waals surface area contributed by atoms with E-state index in [1.807, 2.05) is 48.5 Å². The standard InChI is InChI=1S/C26H20N2O6/c1-15(25(31)34-28-23(29)20-12-6-7-13-21(20)24(28)30)27-26(32)33-14-22-18-10-4-2-8-16(18)17-9-3-5-11-19(17)22/h2-13,15,22H,14H2,1H3,(H,27,32). The summed E-state index contributed by atoms with van der Waals surface area (Å²) in [6.07, 6.45) is -0.811. The van der Waals surface area contributed by atoms with Crippen LogP contribution in [0.2, 0.25) is 0 Å². The van der Waals surface area contributed by atoms with Crippen molar-refractivity contribution in [3.8, 4) is 11.1 Å². The number of amides is 3. The first kappa shape index (κ1) is 21.4. The summed E-state index contributed by atoms with van der Waals surface area (Å²) in [4.78, 5) is 54.5. The molecule has 0 fully saturated rings. The van der Waals surface area contributed by atoms with Crippen molar-refractivity contribution >= 4 is 23.9 Å². The van der Waals surface area contributed by atoms with E-state index in [4.69, 9.17) is 9.57 Å². The molecule has 0 bridgehead atoms. The summed E-state index contributed by atoms with van der Waals surface area (Å²) in [5, 5.41) is 2.80. The fraction of sp³-hybridized carbons (Fsp3) is 0.154. The summed E-state index contributed by atoms with van der Waals surface area (Å²) in [7, 11) is 0. The molecule has 0 radical (unpaired) electrons. The Balaban J connectivity index is 1.19. The number of ether oxygens (including phenoxy) is 1. The van der Waals surface area contributed by atoms with Crippen LogP contribution in [0.5, 0.6) is 0 Å². The van der Waals surface area contributed by atoms with Crippen LogP contribution in [0.25, 0.3) is 11.1 Å². The maximum Gasteiger partial charge on any atom is 0.407 e. The molecule has 5 rings (SSSR count). The molecule has 1 atom stereocenters. The number of nitrogens with zero attached hydrogens (tertiary/aromatic N) is 1. The van der Waals surface area contributed by atoms with Crippen molar-refractivity contribution in [1.29, 1.82) is 0 Å². The predicted molar refractivity (Wildman–Crippen MR) is 121 cm³/mol. The highest BCUT2D eigenvalue weighted by Gasteiger charge is 2.39. The fourth-order valence-corrected chi connectivity index (χ4v) is 4.29. The lowest BCUT2D eigenvalue weighted by molar-refractivity contribution is -0.170. The Bertz CT molecular complexity index is 1250. The number of hydroxylamine groups is 2. The number of rotatable bonds is 5. The van der Waals surface area contributed by atoms with Gasteiger partial charge in [0.1, 0.15) is 12.6 Å². The number of alkyl carbamates (subject to hydrolysis) is 1. The average Bonchev–Trinajstić information content (AvgIpc) is 3.30. The number of carbonyl (C=O) groups is 4. The summed E-state index contributed by atoms with van der Waals surface area (Å²) in [5.41, 5.74) is 4.63. The lowest BCUT2D eigenvalue weighted by Gasteiger charge is -2.18. The maximum absolute atomic E-state index is 12.4. The van der Waals surface area contributed by atoms with E-state index in [1.54, 1.807) is 12.1 Å². The minimum atomic E-state index is -1.15. The third kappa shape index (κ3) is 3.59. The molecule has 0 aromatic heterocycles. The van der Waals surface area contributed by atoms with E-state index in [0.29, 0.717) is 5.06 Å². The fourth-order valence-electron chi connectivity index (χ4n) is 4.29. The topological polar surface area (TPSA) is 102 Å². The summed E-state index contributed by atoms with van der Waals surface area (Å²) in [6, 6.07) is 20.9. The van der Waals surface area contributed by atoms with Crippen LogP contribution in [0, 0.1) is 0 Å². The molecule has 1 aliphatic heterocycles. The van der Waals surface area contributed by atoms with Gasteiger partial charge in [0.2, 0.25) is 0 Å². The second-order valence-corrected chi connectivity index (χ2v) is 8.05. The Kier molecular flexibility index (Phi) is 5.33. The summed E-state index contributed by atoms with van der Waals surface area (Å²) >= 11 is 0. The molecule has 1 unspecified atom stereocenters. The van der Waals surface area contributed by atoms with Crippen molar-refractivity contribution in [2.75, 3.05) is 6.61 Å². The number of imide groups is 1. The van der Waals surface area contributed by atoms with Gasteiger partial charge in [-0.1, -0.05) is 65.7 Å². The van der Waals surface area contributed by atoms with Gasteiger partial charge in [0.15, 0.2) is 0 Å². The normalized spacial score (nSPS) is 14.8. The van der Waals surface area contributed by atoms with E-state index in [1.165, 1.54) is 19.1 Å². The molecule has 8 nitrogen and oxygen atoms in total. The van der Waals surface area contributed by atoms with Crippen molar-refractivity contribution in [3.63, 3.8) is 0 Å². The molecule has 2 aliphatic rings. The number of nitrogens with one attached hydrogen (secondary N) is 1. The first-order chi connectivity index (χ1) is 16.5. The second kappa shape index (κ2) is 8.47. The van der Waals surface area contributed by atoms with Crippen LogP contribution in [-0.2, 0) is 14.4 Å². The quantitative estimate of drug-likeness (QED) is 0.588. The van der Waals surface area contributed by atoms with Crippen LogP contribution in [0.3, 0.4) is 0 Å². The molecule has 1 aliphatic carbocycles. The Morgan fingerprint density at radius 3 is 1.82 bits per heavy atom. The predicted octanol–water partition coefficient (Wildman–Crippen LogP) is 3.67. The van der Waals surface area contributed by atoms with Gasteiger partial charge in [-0.2, -0.15) is 0 Å². The summed E-state index contributed by atoms with van der Waals surface area (Å²) in [6.45, 7) is 1.46. The van der Waals surface area contributed by atoms with Gasteiger partial charge < -0.3 is 14.9 Å². The molecule has 1 heterocycles. The van der Waals surface area contributed by atoms with Crippen molar-refractivity contribution in [1.82, 2.24) is 10.4 Å². The molecule has 170 valence electrons. The smallest absolute Gasteiger partial charge is 0.407 e. The van der Waals surface area contributed by atoms with E-state index in [2.05, 4.69) is 5.32 Å². The zero-order chi connectivity index (χ0) is 23.8. The Morgan fingerprint density at radius 1 is 0.824 bits per heavy atom. The first-order valence-electron chi connectivity index (χ1n) is 10.8. The molecule has 8 heteroatoms. The van der Waals surface area contributed by atoms with E-state index < -0.39 is 29.9 Å². The second-order valence-electron chi connectivity index (χ2n) is 8.05. The minimum Gasteiger partial charge on any atom is -0.449 e. The van der Waals surface area contributed by atoms with Gasteiger partial charge >= 0.3 is 12.1 Å². The maximum atomic E-state index is 12.4. The number of benzene rings is 3. The molecule has 3 amide bonds. The van der Waals surface area contributed by atoms with Gasteiger partial charge in [0.25, 0.3) is 11.8 Å². The molecular weight excluding hydrogens is 436 g/mol. The van der Waals surface area contributed by atoms with Crippen LogP contribution in [-0.4, -0.2) is 41.6 Å².